The highest BCUT2D eigenvalue weighted by Gasteiger charge is 2.06. The molecule has 0 spiro atoms. The lowest BCUT2D eigenvalue weighted by Crippen LogP contribution is -2.15. The van der Waals surface area contributed by atoms with Crippen LogP contribution in [-0.2, 0) is 6.54 Å². The predicted octanol–water partition coefficient (Wildman–Crippen LogP) is 4.08. The lowest BCUT2D eigenvalue weighted by atomic mass is 10.1. The number of aromatic nitrogens is 1. The van der Waals surface area contributed by atoms with Gasteiger partial charge in [-0.15, -0.1) is 6.58 Å². The number of para-hydroxylation sites is 1. The maximum Gasteiger partial charge on any atom is 0.130 e. The van der Waals surface area contributed by atoms with Crippen LogP contribution in [0.3, 0.4) is 0 Å². The Bertz CT molecular complexity index is 607. The van der Waals surface area contributed by atoms with Gasteiger partial charge in [0.1, 0.15) is 5.75 Å². The van der Waals surface area contributed by atoms with Crippen LogP contribution in [0.1, 0.15) is 32.4 Å². The van der Waals surface area contributed by atoms with Crippen LogP contribution in [-0.4, -0.2) is 18.1 Å². The van der Waals surface area contributed by atoms with E-state index in [1.807, 2.05) is 31.2 Å². The van der Waals surface area contributed by atoms with Crippen molar-refractivity contribution >= 4 is 10.9 Å². The number of rotatable bonds is 8. The molecule has 0 aliphatic rings. The third kappa shape index (κ3) is 4.57. The van der Waals surface area contributed by atoms with Crippen LogP contribution in [0, 0.1) is 0 Å². The molecule has 1 aromatic heterocycles. The highest BCUT2D eigenvalue weighted by atomic mass is 16.5. The zero-order chi connectivity index (χ0) is 15.1. The van der Waals surface area contributed by atoms with Crippen LogP contribution < -0.4 is 10.1 Å². The lowest BCUT2D eigenvalue weighted by molar-refractivity contribution is 0.325. The SMILES string of the molecule is C=C(C)CCOc1cc(CNCCC)nc2ccccc12. The Labute approximate surface area is 127 Å². The summed E-state index contributed by atoms with van der Waals surface area (Å²) in [5.74, 6) is 0.912. The zero-order valence-corrected chi connectivity index (χ0v) is 13.0. The molecule has 0 aliphatic carbocycles. The number of pyridine rings is 1. The number of ether oxygens (including phenoxy) is 1. The van der Waals surface area contributed by atoms with Crippen LogP contribution in [0.5, 0.6) is 5.75 Å². The number of nitrogens with one attached hydrogen (secondary N) is 1. The van der Waals surface area contributed by atoms with Gasteiger partial charge in [-0.25, -0.2) is 0 Å². The topological polar surface area (TPSA) is 34.1 Å². The monoisotopic (exact) mass is 284 g/mol. The summed E-state index contributed by atoms with van der Waals surface area (Å²) in [6.07, 6.45) is 2.00. The van der Waals surface area contributed by atoms with Crippen LogP contribution in [0.25, 0.3) is 10.9 Å². The van der Waals surface area contributed by atoms with Gasteiger partial charge < -0.3 is 10.1 Å². The largest absolute Gasteiger partial charge is 0.492 e. The van der Waals surface area contributed by atoms with E-state index >= 15 is 0 Å². The van der Waals surface area contributed by atoms with E-state index in [9.17, 15) is 0 Å². The molecule has 3 nitrogen and oxygen atoms in total. The van der Waals surface area contributed by atoms with E-state index in [-0.39, 0.29) is 0 Å². The van der Waals surface area contributed by atoms with Crippen molar-refractivity contribution in [3.8, 4) is 5.75 Å². The molecule has 1 N–H and O–H groups in total. The fraction of sp³-hybridized carbons (Fsp3) is 0.389. The van der Waals surface area contributed by atoms with Crippen LogP contribution in [0.2, 0.25) is 0 Å². The van der Waals surface area contributed by atoms with Crippen molar-refractivity contribution in [3.63, 3.8) is 0 Å². The van der Waals surface area contributed by atoms with Crippen molar-refractivity contribution in [2.45, 2.75) is 33.2 Å². The minimum Gasteiger partial charge on any atom is -0.492 e. The van der Waals surface area contributed by atoms with Crippen LogP contribution in [0.15, 0.2) is 42.5 Å². The average molecular weight is 284 g/mol. The summed E-state index contributed by atoms with van der Waals surface area (Å²) in [7, 11) is 0. The quantitative estimate of drug-likeness (QED) is 0.586. The second-order valence-electron chi connectivity index (χ2n) is 5.36. The number of hydrogen-bond donors (Lipinski definition) is 1. The number of benzene rings is 1. The van der Waals surface area contributed by atoms with E-state index in [0.29, 0.717) is 6.61 Å². The fourth-order valence-corrected chi connectivity index (χ4v) is 2.13. The highest BCUT2D eigenvalue weighted by Crippen LogP contribution is 2.25. The molecule has 2 aromatic rings. The van der Waals surface area contributed by atoms with Gasteiger partial charge in [-0.3, -0.25) is 4.98 Å². The van der Waals surface area contributed by atoms with Gasteiger partial charge in [-0.2, -0.15) is 0 Å². The number of fused-ring (bicyclic) bond motifs is 1. The normalized spacial score (nSPS) is 10.8. The van der Waals surface area contributed by atoms with Gasteiger partial charge in [0.15, 0.2) is 0 Å². The lowest BCUT2D eigenvalue weighted by Gasteiger charge is -2.12. The van der Waals surface area contributed by atoms with Gasteiger partial charge in [-0.1, -0.05) is 24.6 Å². The van der Waals surface area contributed by atoms with Crippen molar-refractivity contribution in [2.24, 2.45) is 0 Å². The smallest absolute Gasteiger partial charge is 0.130 e. The Morgan fingerprint density at radius 1 is 1.33 bits per heavy atom. The fourth-order valence-electron chi connectivity index (χ4n) is 2.13. The molecule has 0 bridgehead atoms. The summed E-state index contributed by atoms with van der Waals surface area (Å²) in [5, 5.41) is 4.45. The molecule has 1 aromatic carbocycles. The van der Waals surface area contributed by atoms with Gasteiger partial charge in [0, 0.05) is 24.4 Å². The first-order valence-electron chi connectivity index (χ1n) is 7.57. The van der Waals surface area contributed by atoms with Crippen LogP contribution >= 0.6 is 0 Å². The van der Waals surface area contributed by atoms with Gasteiger partial charge in [-0.05, 0) is 32.0 Å². The number of hydrogen-bond acceptors (Lipinski definition) is 3. The summed E-state index contributed by atoms with van der Waals surface area (Å²) in [6.45, 7) is 10.5. The maximum absolute atomic E-state index is 5.95. The van der Waals surface area contributed by atoms with Gasteiger partial charge >= 0.3 is 0 Å². The molecule has 0 saturated heterocycles. The molecule has 3 heteroatoms. The van der Waals surface area contributed by atoms with Crippen molar-refractivity contribution in [3.05, 3.63) is 48.2 Å². The minimum absolute atomic E-state index is 0.658. The summed E-state index contributed by atoms with van der Waals surface area (Å²) in [5.41, 5.74) is 3.14. The van der Waals surface area contributed by atoms with Gasteiger partial charge in [0.25, 0.3) is 0 Å². The molecule has 0 saturated carbocycles. The summed E-state index contributed by atoms with van der Waals surface area (Å²) in [6, 6.07) is 10.2. The molecular weight excluding hydrogens is 260 g/mol. The predicted molar refractivity (Wildman–Crippen MR) is 88.7 cm³/mol. The Kier molecular flexibility index (Phi) is 5.76. The molecule has 0 unspecified atom stereocenters. The highest BCUT2D eigenvalue weighted by molar-refractivity contribution is 5.85. The molecule has 0 amide bonds. The summed E-state index contributed by atoms with van der Waals surface area (Å²) < 4.78 is 5.95. The Morgan fingerprint density at radius 2 is 2.14 bits per heavy atom. The van der Waals surface area contributed by atoms with Gasteiger partial charge in [0.05, 0.1) is 17.8 Å². The Hall–Kier alpha value is -1.87. The van der Waals surface area contributed by atoms with Crippen LogP contribution in [0.4, 0.5) is 0 Å². The van der Waals surface area contributed by atoms with Crippen molar-refractivity contribution in [1.82, 2.24) is 10.3 Å². The zero-order valence-electron chi connectivity index (χ0n) is 13.0. The van der Waals surface area contributed by atoms with Crippen molar-refractivity contribution in [2.75, 3.05) is 13.2 Å². The first-order chi connectivity index (χ1) is 10.2. The van der Waals surface area contributed by atoms with Crippen molar-refractivity contribution in [1.29, 1.82) is 0 Å². The first kappa shape index (κ1) is 15.5. The Morgan fingerprint density at radius 3 is 2.90 bits per heavy atom. The molecule has 0 atom stereocenters. The van der Waals surface area contributed by atoms with Crippen molar-refractivity contribution < 1.29 is 4.74 Å². The third-order valence-electron chi connectivity index (χ3n) is 3.25. The summed E-state index contributed by atoms with van der Waals surface area (Å²) >= 11 is 0. The molecule has 1 heterocycles. The second-order valence-corrected chi connectivity index (χ2v) is 5.36. The molecule has 21 heavy (non-hydrogen) atoms. The molecule has 2 rings (SSSR count). The molecule has 0 aliphatic heterocycles. The average Bonchev–Trinajstić information content (AvgIpc) is 2.47. The number of nitrogens with zero attached hydrogens (tertiary/aromatic N) is 1. The van der Waals surface area contributed by atoms with E-state index in [2.05, 4.69) is 24.9 Å². The third-order valence-corrected chi connectivity index (χ3v) is 3.25. The first-order valence-corrected chi connectivity index (χ1v) is 7.57. The standard InChI is InChI=1S/C18H24N2O/c1-4-10-19-13-15-12-18(21-11-9-14(2)3)16-7-5-6-8-17(16)20-15/h5-8,12,19H,2,4,9-11,13H2,1,3H3. The van der Waals surface area contributed by atoms with E-state index in [4.69, 9.17) is 9.72 Å². The molecule has 0 radical (unpaired) electrons. The molecule has 0 fully saturated rings. The van der Waals surface area contributed by atoms with Gasteiger partial charge in [0.2, 0.25) is 0 Å². The van der Waals surface area contributed by atoms with E-state index in [1.165, 1.54) is 0 Å². The summed E-state index contributed by atoms with van der Waals surface area (Å²) in [4.78, 5) is 4.69. The maximum atomic E-state index is 5.95. The molecule has 112 valence electrons. The minimum atomic E-state index is 0.658. The van der Waals surface area contributed by atoms with E-state index in [1.54, 1.807) is 0 Å². The second kappa shape index (κ2) is 7.79. The van der Waals surface area contributed by atoms with E-state index < -0.39 is 0 Å². The molecular formula is C18H24N2O. The Balaban J connectivity index is 2.20. The van der Waals surface area contributed by atoms with E-state index in [0.717, 1.165) is 53.9 Å².